The van der Waals surface area contributed by atoms with E-state index in [0.29, 0.717) is 44.1 Å². The lowest BCUT2D eigenvalue weighted by Gasteiger charge is -2.25. The van der Waals surface area contributed by atoms with Crippen molar-refractivity contribution in [3.63, 3.8) is 0 Å². The van der Waals surface area contributed by atoms with Crippen molar-refractivity contribution >= 4 is 17.4 Å². The van der Waals surface area contributed by atoms with E-state index < -0.39 is 0 Å². The van der Waals surface area contributed by atoms with Crippen LogP contribution < -0.4 is 0 Å². The summed E-state index contributed by atoms with van der Waals surface area (Å²) >= 11 is 0. The predicted octanol–water partition coefficient (Wildman–Crippen LogP) is 4.81. The lowest BCUT2D eigenvalue weighted by atomic mass is 10.0. The van der Waals surface area contributed by atoms with Crippen molar-refractivity contribution in [1.82, 2.24) is 9.80 Å². The average Bonchev–Trinajstić information content (AvgIpc) is 3.06. The molecule has 6 nitrogen and oxygen atoms in total. The summed E-state index contributed by atoms with van der Waals surface area (Å²) < 4.78 is 10.5. The molecule has 2 rings (SSSR count). The van der Waals surface area contributed by atoms with E-state index in [9.17, 15) is 9.59 Å². The predicted molar refractivity (Wildman–Crippen MR) is 133 cm³/mol. The second-order valence-electron chi connectivity index (χ2n) is 8.80. The molecule has 0 spiro atoms. The topological polar surface area (TPSA) is 59.1 Å². The number of hydrogen-bond acceptors (Lipinski definition) is 5. The third-order valence-corrected chi connectivity index (χ3v) is 6.17. The molecule has 0 aliphatic carbocycles. The van der Waals surface area contributed by atoms with Gasteiger partial charge in [0.15, 0.2) is 0 Å². The normalized spacial score (nSPS) is 14.0. The molecule has 0 atom stereocenters. The molecule has 0 unspecified atom stereocenters. The number of hydrogen-bond donors (Lipinski definition) is 0. The Labute approximate surface area is 199 Å². The minimum Gasteiger partial charge on any atom is -0.383 e. The SMILES string of the molecule is CCCCCCCCCCN1C(=O)C(c2ccc(C)cc2)=C(N(CCOC)CCOC)C1=O. The largest absolute Gasteiger partial charge is 0.383 e. The van der Waals surface area contributed by atoms with E-state index in [0.717, 1.165) is 30.4 Å². The molecule has 0 saturated carbocycles. The van der Waals surface area contributed by atoms with Crippen LogP contribution in [0.3, 0.4) is 0 Å². The summed E-state index contributed by atoms with van der Waals surface area (Å²) in [5.41, 5.74) is 2.86. The quantitative estimate of drug-likeness (QED) is 0.248. The molecule has 1 aliphatic rings. The zero-order valence-corrected chi connectivity index (χ0v) is 21.0. The highest BCUT2D eigenvalue weighted by Crippen LogP contribution is 2.32. The van der Waals surface area contributed by atoms with Crippen molar-refractivity contribution in [2.45, 2.75) is 65.2 Å². The molecule has 1 aromatic rings. The molecule has 33 heavy (non-hydrogen) atoms. The molecule has 0 radical (unpaired) electrons. The number of aryl methyl sites for hydroxylation is 1. The number of carbonyl (C=O) groups excluding carboxylic acids is 2. The van der Waals surface area contributed by atoms with Crippen LogP contribution in [0.15, 0.2) is 30.0 Å². The van der Waals surface area contributed by atoms with Crippen LogP contribution in [-0.2, 0) is 19.1 Å². The van der Waals surface area contributed by atoms with Gasteiger partial charge in [-0.3, -0.25) is 14.5 Å². The minimum atomic E-state index is -0.203. The Morgan fingerprint density at radius 1 is 0.788 bits per heavy atom. The fraction of sp³-hybridized carbons (Fsp3) is 0.630. The number of ether oxygens (including phenoxy) is 2. The standard InChI is InChI=1S/C27H42N2O4/c1-5-6-7-8-9-10-11-12-17-29-26(30)24(23-15-13-22(2)14-16-23)25(27(29)31)28(18-20-32-3)19-21-33-4/h13-16H,5-12,17-21H2,1-4H3. The van der Waals surface area contributed by atoms with E-state index in [2.05, 4.69) is 6.92 Å². The van der Waals surface area contributed by atoms with Crippen molar-refractivity contribution in [1.29, 1.82) is 0 Å². The van der Waals surface area contributed by atoms with E-state index in [1.165, 1.54) is 37.0 Å². The first kappa shape index (κ1) is 27.1. The third-order valence-electron chi connectivity index (χ3n) is 6.17. The molecule has 0 fully saturated rings. The van der Waals surface area contributed by atoms with Gasteiger partial charge in [-0.2, -0.15) is 0 Å². The van der Waals surface area contributed by atoms with Gasteiger partial charge in [0.25, 0.3) is 11.8 Å². The van der Waals surface area contributed by atoms with Crippen molar-refractivity contribution in [2.75, 3.05) is 47.1 Å². The first-order valence-corrected chi connectivity index (χ1v) is 12.5. The summed E-state index contributed by atoms with van der Waals surface area (Å²) in [6.45, 7) is 6.68. The Bertz CT molecular complexity index is 765. The van der Waals surface area contributed by atoms with Crippen molar-refractivity contribution < 1.29 is 19.1 Å². The third kappa shape index (κ3) is 7.97. The molecule has 0 N–H and O–H groups in total. The zero-order valence-electron chi connectivity index (χ0n) is 21.0. The number of imide groups is 1. The highest BCUT2D eigenvalue weighted by Gasteiger charge is 2.41. The van der Waals surface area contributed by atoms with Crippen LogP contribution in [0.5, 0.6) is 0 Å². The summed E-state index contributed by atoms with van der Waals surface area (Å²) in [4.78, 5) is 30.3. The average molecular weight is 459 g/mol. The van der Waals surface area contributed by atoms with Gasteiger partial charge in [0, 0.05) is 33.9 Å². The van der Waals surface area contributed by atoms with Gasteiger partial charge in [0.2, 0.25) is 0 Å². The highest BCUT2D eigenvalue weighted by molar-refractivity contribution is 6.35. The maximum absolute atomic E-state index is 13.5. The maximum Gasteiger partial charge on any atom is 0.277 e. The van der Waals surface area contributed by atoms with Crippen LogP contribution in [0, 0.1) is 6.92 Å². The van der Waals surface area contributed by atoms with Gasteiger partial charge >= 0.3 is 0 Å². The number of methoxy groups -OCH3 is 2. The van der Waals surface area contributed by atoms with Gasteiger partial charge in [-0.1, -0.05) is 81.7 Å². The molecular weight excluding hydrogens is 416 g/mol. The van der Waals surface area contributed by atoms with Crippen LogP contribution >= 0.6 is 0 Å². The molecule has 184 valence electrons. The fourth-order valence-electron chi connectivity index (χ4n) is 4.18. The second kappa shape index (κ2) is 14.9. The minimum absolute atomic E-state index is 0.193. The van der Waals surface area contributed by atoms with Crippen molar-refractivity contribution in [2.24, 2.45) is 0 Å². The second-order valence-corrected chi connectivity index (χ2v) is 8.80. The summed E-state index contributed by atoms with van der Waals surface area (Å²) in [6.07, 6.45) is 9.38. The molecule has 2 amide bonds. The van der Waals surface area contributed by atoms with E-state index >= 15 is 0 Å². The fourth-order valence-corrected chi connectivity index (χ4v) is 4.18. The number of carbonyl (C=O) groups is 2. The van der Waals surface area contributed by atoms with Gasteiger partial charge in [-0.15, -0.1) is 0 Å². The summed E-state index contributed by atoms with van der Waals surface area (Å²) in [6, 6.07) is 7.82. The maximum atomic E-state index is 13.5. The summed E-state index contributed by atoms with van der Waals surface area (Å²) in [7, 11) is 3.28. The van der Waals surface area contributed by atoms with Crippen LogP contribution in [0.2, 0.25) is 0 Å². The number of nitrogens with zero attached hydrogens (tertiary/aromatic N) is 2. The van der Waals surface area contributed by atoms with Gasteiger partial charge < -0.3 is 14.4 Å². The Balaban J connectivity index is 2.16. The van der Waals surface area contributed by atoms with Crippen molar-refractivity contribution in [3.05, 3.63) is 41.1 Å². The molecule has 0 saturated heterocycles. The van der Waals surface area contributed by atoms with Crippen LogP contribution in [-0.4, -0.2) is 68.7 Å². The van der Waals surface area contributed by atoms with E-state index in [4.69, 9.17) is 9.47 Å². The smallest absolute Gasteiger partial charge is 0.277 e. The molecule has 1 heterocycles. The number of benzene rings is 1. The number of rotatable bonds is 17. The molecule has 1 aliphatic heterocycles. The Hall–Kier alpha value is -2.18. The lowest BCUT2D eigenvalue weighted by molar-refractivity contribution is -0.137. The lowest BCUT2D eigenvalue weighted by Crippen LogP contribution is -2.38. The van der Waals surface area contributed by atoms with Gasteiger partial charge in [0.05, 0.1) is 18.8 Å². The number of amides is 2. The summed E-state index contributed by atoms with van der Waals surface area (Å²) in [5, 5.41) is 0. The molecule has 6 heteroatoms. The molecule has 0 aromatic heterocycles. The Morgan fingerprint density at radius 2 is 1.33 bits per heavy atom. The monoisotopic (exact) mass is 458 g/mol. The van der Waals surface area contributed by atoms with E-state index in [1.54, 1.807) is 14.2 Å². The molecular formula is C27H42N2O4. The summed E-state index contributed by atoms with van der Waals surface area (Å²) in [5.74, 6) is -0.396. The van der Waals surface area contributed by atoms with Crippen LogP contribution in [0.4, 0.5) is 0 Å². The van der Waals surface area contributed by atoms with Crippen LogP contribution in [0.25, 0.3) is 5.57 Å². The Morgan fingerprint density at radius 3 is 1.88 bits per heavy atom. The highest BCUT2D eigenvalue weighted by atomic mass is 16.5. The molecule has 1 aromatic carbocycles. The van der Waals surface area contributed by atoms with Gasteiger partial charge in [-0.25, -0.2) is 0 Å². The molecule has 0 bridgehead atoms. The van der Waals surface area contributed by atoms with E-state index in [-0.39, 0.29) is 11.8 Å². The Kier molecular flexibility index (Phi) is 12.2. The van der Waals surface area contributed by atoms with Gasteiger partial charge in [-0.05, 0) is 18.9 Å². The van der Waals surface area contributed by atoms with Crippen LogP contribution in [0.1, 0.15) is 69.4 Å². The van der Waals surface area contributed by atoms with Crippen molar-refractivity contribution in [3.8, 4) is 0 Å². The van der Waals surface area contributed by atoms with E-state index in [1.807, 2.05) is 36.1 Å². The number of unbranched alkanes of at least 4 members (excludes halogenated alkanes) is 7. The first-order chi connectivity index (χ1) is 16.0. The van der Waals surface area contributed by atoms with Gasteiger partial charge in [0.1, 0.15) is 5.70 Å². The first-order valence-electron chi connectivity index (χ1n) is 12.5. The zero-order chi connectivity index (χ0) is 24.1.